The van der Waals surface area contributed by atoms with Crippen LogP contribution in [0.4, 0.5) is 13.2 Å². The first kappa shape index (κ1) is 25.3. The molecule has 0 amide bonds. The molecule has 2 fully saturated rings. The van der Waals surface area contributed by atoms with Crippen molar-refractivity contribution in [3.8, 4) is 0 Å². The van der Waals surface area contributed by atoms with Gasteiger partial charge in [0.15, 0.2) is 0 Å². The first-order valence-corrected chi connectivity index (χ1v) is 12.2. The number of para-hydroxylation sites is 1. The van der Waals surface area contributed by atoms with Gasteiger partial charge < -0.3 is 14.7 Å². The van der Waals surface area contributed by atoms with E-state index in [1.807, 2.05) is 0 Å². The second kappa shape index (κ2) is 9.15. The second-order valence-corrected chi connectivity index (χ2v) is 10.3. The van der Waals surface area contributed by atoms with E-state index in [1.165, 1.54) is 0 Å². The van der Waals surface area contributed by atoms with Gasteiger partial charge in [-0.3, -0.25) is 0 Å². The van der Waals surface area contributed by atoms with Crippen LogP contribution in [0.1, 0.15) is 36.0 Å². The number of alkyl halides is 3. The topological polar surface area (TPSA) is 106 Å². The molecule has 13 heteroatoms. The zero-order chi connectivity index (χ0) is 24.7. The minimum Gasteiger partial charge on any atom is -0.475 e. The van der Waals surface area contributed by atoms with Crippen LogP contribution in [0.5, 0.6) is 0 Å². The highest BCUT2D eigenvalue weighted by molar-refractivity contribution is 7.89. The Balaban J connectivity index is 0.000000383. The predicted octanol–water partition coefficient (Wildman–Crippen LogP) is 3.52. The van der Waals surface area contributed by atoms with Gasteiger partial charge in [0.05, 0.1) is 11.8 Å². The normalized spacial score (nSPS) is 23.2. The van der Waals surface area contributed by atoms with Crippen LogP contribution in [0.3, 0.4) is 0 Å². The average Bonchev–Trinajstić information content (AvgIpc) is 3.08. The van der Waals surface area contributed by atoms with Crippen molar-refractivity contribution in [3.05, 3.63) is 35.0 Å². The third kappa shape index (κ3) is 5.28. The zero-order valence-corrected chi connectivity index (χ0v) is 19.2. The van der Waals surface area contributed by atoms with Crippen LogP contribution >= 0.6 is 11.6 Å². The van der Waals surface area contributed by atoms with Gasteiger partial charge in [0, 0.05) is 30.3 Å². The molecule has 1 aromatic carbocycles. The maximum absolute atomic E-state index is 12.9. The number of esters is 1. The molecule has 1 unspecified atom stereocenters. The summed E-state index contributed by atoms with van der Waals surface area (Å²) in [4.78, 5) is 24.1. The molecular formula is C20H22ClF3N2O6S. The van der Waals surface area contributed by atoms with Gasteiger partial charge in [0.25, 0.3) is 0 Å². The van der Waals surface area contributed by atoms with Crippen LogP contribution in [-0.4, -0.2) is 72.0 Å². The van der Waals surface area contributed by atoms with E-state index in [0.717, 1.165) is 35.9 Å². The molecule has 33 heavy (non-hydrogen) atoms. The van der Waals surface area contributed by atoms with E-state index in [9.17, 15) is 26.4 Å². The number of fused-ring (bicyclic) bond motifs is 3. The van der Waals surface area contributed by atoms with Crippen molar-refractivity contribution in [3.63, 3.8) is 0 Å². The number of carbonyl (C=O) groups excluding carboxylic acids is 1. The molecule has 0 radical (unpaired) electrons. The molecule has 182 valence electrons. The summed E-state index contributed by atoms with van der Waals surface area (Å²) in [5.41, 5.74) is 0.509. The molecule has 4 rings (SSSR count). The Morgan fingerprint density at radius 3 is 2.15 bits per heavy atom. The Labute approximate surface area is 192 Å². The lowest BCUT2D eigenvalue weighted by Gasteiger charge is -2.35. The van der Waals surface area contributed by atoms with Crippen molar-refractivity contribution >= 4 is 44.5 Å². The maximum atomic E-state index is 12.9. The van der Waals surface area contributed by atoms with Crippen molar-refractivity contribution in [1.82, 2.24) is 8.87 Å². The number of rotatable bonds is 3. The summed E-state index contributed by atoms with van der Waals surface area (Å²) >= 11 is 6.32. The molecular weight excluding hydrogens is 489 g/mol. The molecule has 0 saturated carbocycles. The van der Waals surface area contributed by atoms with Gasteiger partial charge in [-0.05, 0) is 26.0 Å². The number of hydrogen-bond acceptors (Lipinski definition) is 6. The summed E-state index contributed by atoms with van der Waals surface area (Å²) in [5, 5.41) is 7.50. The van der Waals surface area contributed by atoms with E-state index in [1.54, 1.807) is 24.3 Å². The standard InChI is InChI=1S/C18H21ClN2O4S.C2HF3O2/c1-20-11-7-8-12(20)10-13(9-11)25-18(22)16-14-5-3-4-6-15(14)21(17(16)19)26(2,23)24;3-2(4,5)1(6)7/h3-6,11-13H,7-10H2,1-2H3;(H,6,7)/t11-,12+,13?;. The van der Waals surface area contributed by atoms with Crippen molar-refractivity contribution in [2.45, 2.75) is 50.0 Å². The number of aliphatic carboxylic acids is 1. The summed E-state index contributed by atoms with van der Waals surface area (Å²) in [7, 11) is -1.53. The van der Waals surface area contributed by atoms with Crippen LogP contribution in [0.15, 0.2) is 24.3 Å². The molecule has 2 saturated heterocycles. The van der Waals surface area contributed by atoms with Crippen LogP contribution in [-0.2, 0) is 19.6 Å². The van der Waals surface area contributed by atoms with Crippen molar-refractivity contribution < 1.29 is 41.0 Å². The van der Waals surface area contributed by atoms with Gasteiger partial charge >= 0.3 is 18.1 Å². The lowest BCUT2D eigenvalue weighted by molar-refractivity contribution is -0.192. The molecule has 1 aromatic heterocycles. The van der Waals surface area contributed by atoms with Gasteiger partial charge in [-0.15, -0.1) is 0 Å². The highest BCUT2D eigenvalue weighted by atomic mass is 35.5. The number of carboxylic acid groups (broad SMARTS) is 1. The van der Waals surface area contributed by atoms with Crippen molar-refractivity contribution in [2.75, 3.05) is 13.3 Å². The molecule has 8 nitrogen and oxygen atoms in total. The number of carbonyl (C=O) groups is 2. The number of nitrogens with zero attached hydrogens (tertiary/aromatic N) is 2. The smallest absolute Gasteiger partial charge is 0.475 e. The first-order valence-electron chi connectivity index (χ1n) is 9.94. The summed E-state index contributed by atoms with van der Waals surface area (Å²) in [6, 6.07) is 7.67. The molecule has 3 heterocycles. The fraction of sp³-hybridized carbons (Fsp3) is 0.500. The zero-order valence-electron chi connectivity index (χ0n) is 17.7. The summed E-state index contributed by atoms with van der Waals surface area (Å²) in [6.45, 7) is 0. The third-order valence-electron chi connectivity index (χ3n) is 5.88. The maximum Gasteiger partial charge on any atom is 0.490 e. The molecule has 2 aromatic rings. The molecule has 0 aliphatic carbocycles. The van der Waals surface area contributed by atoms with Gasteiger partial charge in [-0.2, -0.15) is 13.2 Å². The Morgan fingerprint density at radius 1 is 1.15 bits per heavy atom. The number of halogens is 4. The number of carboxylic acids is 1. The molecule has 0 spiro atoms. The van der Waals surface area contributed by atoms with E-state index < -0.39 is 28.1 Å². The number of aromatic nitrogens is 1. The highest BCUT2D eigenvalue weighted by Crippen LogP contribution is 2.37. The van der Waals surface area contributed by atoms with Crippen LogP contribution in [0.2, 0.25) is 5.15 Å². The van der Waals surface area contributed by atoms with Gasteiger partial charge in [0.2, 0.25) is 10.0 Å². The monoisotopic (exact) mass is 510 g/mol. The molecule has 2 bridgehead atoms. The Hall–Kier alpha value is -2.31. The fourth-order valence-corrected chi connectivity index (χ4v) is 5.91. The van der Waals surface area contributed by atoms with E-state index in [4.69, 9.17) is 26.2 Å². The fourth-order valence-electron chi connectivity index (χ4n) is 4.37. The SMILES string of the molecule is CN1[C@@H]2CC[C@H]1CC(OC(=O)c1c(Cl)n(S(C)(=O)=O)c3ccccc13)C2.O=C(O)C(F)(F)F. The molecule has 2 aliphatic rings. The van der Waals surface area contributed by atoms with E-state index in [0.29, 0.717) is 23.0 Å². The number of hydrogen-bond donors (Lipinski definition) is 1. The first-order chi connectivity index (χ1) is 15.2. The van der Waals surface area contributed by atoms with Crippen LogP contribution in [0, 0.1) is 0 Å². The summed E-state index contributed by atoms with van der Waals surface area (Å²) in [5.74, 6) is -3.31. The molecule has 1 N–H and O–H groups in total. The largest absolute Gasteiger partial charge is 0.490 e. The van der Waals surface area contributed by atoms with Gasteiger partial charge in [0.1, 0.15) is 16.8 Å². The quantitative estimate of drug-likeness (QED) is 0.630. The number of benzene rings is 1. The van der Waals surface area contributed by atoms with E-state index in [2.05, 4.69) is 11.9 Å². The Morgan fingerprint density at radius 2 is 1.67 bits per heavy atom. The molecule has 3 atom stereocenters. The Kier molecular flexibility index (Phi) is 7.02. The lowest BCUT2D eigenvalue weighted by atomic mass is 10.0. The number of ether oxygens (including phenoxy) is 1. The Bertz CT molecular complexity index is 1170. The predicted molar refractivity (Wildman–Crippen MR) is 114 cm³/mol. The minimum absolute atomic E-state index is 0.116. The summed E-state index contributed by atoms with van der Waals surface area (Å²) in [6.07, 6.45) is -0.308. The average molecular weight is 511 g/mol. The number of piperidine rings is 1. The van der Waals surface area contributed by atoms with Crippen LogP contribution in [0.25, 0.3) is 10.9 Å². The van der Waals surface area contributed by atoms with Crippen molar-refractivity contribution in [1.29, 1.82) is 0 Å². The van der Waals surface area contributed by atoms with E-state index in [-0.39, 0.29) is 16.8 Å². The second-order valence-electron chi connectivity index (χ2n) is 8.06. The minimum atomic E-state index is -5.08. The third-order valence-corrected chi connectivity index (χ3v) is 7.38. The summed E-state index contributed by atoms with van der Waals surface area (Å²) < 4.78 is 62.8. The van der Waals surface area contributed by atoms with E-state index >= 15 is 0 Å². The van der Waals surface area contributed by atoms with Gasteiger partial charge in [-0.25, -0.2) is 22.0 Å². The van der Waals surface area contributed by atoms with Gasteiger partial charge in [-0.1, -0.05) is 29.8 Å². The van der Waals surface area contributed by atoms with Crippen molar-refractivity contribution in [2.24, 2.45) is 0 Å². The van der Waals surface area contributed by atoms with Crippen LogP contribution < -0.4 is 0 Å². The lowest BCUT2D eigenvalue weighted by Crippen LogP contribution is -2.43. The molecule has 2 aliphatic heterocycles. The highest BCUT2D eigenvalue weighted by Gasteiger charge is 2.40.